The molecule has 1 aromatic rings. The van der Waals surface area contributed by atoms with Gasteiger partial charge in [-0.05, 0) is 0 Å². The number of Topliss-reactive ketones (excluding diaryl/α,β-unsaturated/α-hetero) is 1. The van der Waals surface area contributed by atoms with E-state index in [1.165, 1.54) is 0 Å². The lowest BCUT2D eigenvalue weighted by Gasteiger charge is -2.14. The zero-order chi connectivity index (χ0) is 14.5. The van der Waals surface area contributed by atoms with Crippen LogP contribution in [0, 0.1) is 5.41 Å². The molecule has 0 radical (unpaired) electrons. The number of nitrogens with zero attached hydrogens (tertiary/aromatic N) is 2. The molecule has 1 rings (SSSR count). The van der Waals surface area contributed by atoms with Crippen molar-refractivity contribution in [2.45, 2.75) is 40.0 Å². The van der Waals surface area contributed by atoms with Gasteiger partial charge >= 0.3 is 0 Å². The van der Waals surface area contributed by atoms with Crippen LogP contribution < -0.4 is 0 Å². The van der Waals surface area contributed by atoms with Crippen molar-refractivity contribution in [3.05, 3.63) is 11.7 Å². The monoisotopic (exact) mass is 276 g/mol. The summed E-state index contributed by atoms with van der Waals surface area (Å²) in [5, 5.41) is 3.66. The molecule has 0 aliphatic heterocycles. The van der Waals surface area contributed by atoms with Gasteiger partial charge in [-0.1, -0.05) is 25.9 Å². The lowest BCUT2D eigenvalue weighted by Crippen LogP contribution is -2.22. The van der Waals surface area contributed by atoms with Crippen molar-refractivity contribution in [1.82, 2.24) is 10.1 Å². The number of carbonyl (C=O) groups is 1. The van der Waals surface area contributed by atoms with Gasteiger partial charge in [0.2, 0.25) is 5.89 Å². The second-order valence-electron chi connectivity index (χ2n) is 5.17. The molecule has 7 heteroatoms. The Labute approximate surface area is 110 Å². The summed E-state index contributed by atoms with van der Waals surface area (Å²) in [6.45, 7) is 4.92. The third kappa shape index (κ3) is 5.87. The second kappa shape index (κ2) is 6.70. The van der Waals surface area contributed by atoms with Gasteiger partial charge in [-0.3, -0.25) is 4.79 Å². The Morgan fingerprint density at radius 1 is 1.42 bits per heavy atom. The first-order chi connectivity index (χ1) is 8.79. The number of aromatic nitrogens is 2. The minimum absolute atomic E-state index is 0.00310. The predicted molar refractivity (Wildman–Crippen MR) is 63.0 cm³/mol. The minimum Gasteiger partial charge on any atom is -0.375 e. The first-order valence-electron chi connectivity index (χ1n) is 5.99. The van der Waals surface area contributed by atoms with E-state index in [0.717, 1.165) is 0 Å². The number of hydrogen-bond acceptors (Lipinski definition) is 5. The molecule has 0 aliphatic carbocycles. The average molecular weight is 276 g/mol. The number of hydrogen-bond donors (Lipinski definition) is 0. The summed E-state index contributed by atoms with van der Waals surface area (Å²) in [5.74, 6) is 0.589. The van der Waals surface area contributed by atoms with Crippen LogP contribution >= 0.6 is 0 Å². The van der Waals surface area contributed by atoms with Crippen molar-refractivity contribution in [3.63, 3.8) is 0 Å². The molecular formula is C12H18F2N2O3. The van der Waals surface area contributed by atoms with Crippen LogP contribution in [-0.4, -0.2) is 35.6 Å². The van der Waals surface area contributed by atoms with Gasteiger partial charge in [-0.15, -0.1) is 0 Å². The summed E-state index contributed by atoms with van der Waals surface area (Å²) < 4.78 is 33.2. The van der Waals surface area contributed by atoms with Crippen molar-refractivity contribution in [2.24, 2.45) is 5.41 Å². The topological polar surface area (TPSA) is 65.2 Å². The van der Waals surface area contributed by atoms with Gasteiger partial charge in [-0.2, -0.15) is 4.98 Å². The average Bonchev–Trinajstić information content (AvgIpc) is 2.70. The van der Waals surface area contributed by atoms with Gasteiger partial charge in [0.05, 0.1) is 13.0 Å². The van der Waals surface area contributed by atoms with Crippen molar-refractivity contribution in [1.29, 1.82) is 0 Å². The molecule has 0 fully saturated rings. The fraction of sp³-hybridized carbons (Fsp3) is 0.750. The molecule has 0 saturated carbocycles. The van der Waals surface area contributed by atoms with E-state index < -0.39 is 18.4 Å². The molecule has 108 valence electrons. The summed E-state index contributed by atoms with van der Waals surface area (Å²) in [7, 11) is 0. The van der Waals surface area contributed by atoms with Gasteiger partial charge in [-0.25, -0.2) is 8.78 Å². The van der Waals surface area contributed by atoms with E-state index in [9.17, 15) is 13.6 Å². The van der Waals surface area contributed by atoms with Crippen molar-refractivity contribution in [2.75, 3.05) is 13.2 Å². The SMILES string of the molecule is CC(C)(C)C(=O)Cc1nc(CCOCC(F)F)no1. The van der Waals surface area contributed by atoms with Crippen LogP contribution in [0.25, 0.3) is 0 Å². The number of ether oxygens (including phenoxy) is 1. The van der Waals surface area contributed by atoms with Crippen molar-refractivity contribution >= 4 is 5.78 Å². The Morgan fingerprint density at radius 3 is 2.68 bits per heavy atom. The third-order valence-electron chi connectivity index (χ3n) is 2.37. The molecule has 0 N–H and O–H groups in total. The van der Waals surface area contributed by atoms with E-state index in [1.54, 1.807) is 0 Å². The van der Waals surface area contributed by atoms with Crippen LogP contribution in [0.5, 0.6) is 0 Å². The van der Waals surface area contributed by atoms with Crippen LogP contribution in [0.3, 0.4) is 0 Å². The maximum absolute atomic E-state index is 11.8. The highest BCUT2D eigenvalue weighted by atomic mass is 19.3. The maximum atomic E-state index is 11.8. The molecule has 1 heterocycles. The maximum Gasteiger partial charge on any atom is 0.261 e. The Morgan fingerprint density at radius 2 is 2.11 bits per heavy atom. The largest absolute Gasteiger partial charge is 0.375 e. The number of ketones is 1. The van der Waals surface area contributed by atoms with Crippen molar-refractivity contribution < 1.29 is 22.8 Å². The first kappa shape index (κ1) is 15.7. The summed E-state index contributed by atoms with van der Waals surface area (Å²) >= 11 is 0. The predicted octanol–water partition coefficient (Wildman–Crippen LogP) is 2.05. The highest BCUT2D eigenvalue weighted by Gasteiger charge is 2.23. The highest BCUT2D eigenvalue weighted by Crippen LogP contribution is 2.17. The van der Waals surface area contributed by atoms with Gasteiger partial charge in [0.1, 0.15) is 12.4 Å². The summed E-state index contributed by atoms with van der Waals surface area (Å²) in [4.78, 5) is 15.8. The highest BCUT2D eigenvalue weighted by molar-refractivity contribution is 5.84. The normalized spacial score (nSPS) is 12.1. The fourth-order valence-corrected chi connectivity index (χ4v) is 1.20. The molecule has 0 aromatic carbocycles. The van der Waals surface area contributed by atoms with Crippen LogP contribution in [0.1, 0.15) is 32.5 Å². The van der Waals surface area contributed by atoms with Gasteiger partial charge < -0.3 is 9.26 Å². The lowest BCUT2D eigenvalue weighted by molar-refractivity contribution is -0.125. The fourth-order valence-electron chi connectivity index (χ4n) is 1.20. The molecule has 0 saturated heterocycles. The van der Waals surface area contributed by atoms with Crippen LogP contribution in [0.15, 0.2) is 4.52 Å². The van der Waals surface area contributed by atoms with Gasteiger partial charge in [0.25, 0.3) is 6.43 Å². The Hall–Kier alpha value is -1.37. The zero-order valence-electron chi connectivity index (χ0n) is 11.3. The van der Waals surface area contributed by atoms with Gasteiger partial charge in [0, 0.05) is 11.8 Å². The Balaban J connectivity index is 2.38. The molecule has 0 unspecified atom stereocenters. The quantitative estimate of drug-likeness (QED) is 0.713. The number of carbonyl (C=O) groups excluding carboxylic acids is 1. The molecule has 0 atom stereocenters. The Kier molecular flexibility index (Phi) is 5.53. The molecule has 0 amide bonds. The smallest absolute Gasteiger partial charge is 0.261 e. The lowest BCUT2D eigenvalue weighted by atomic mass is 9.89. The molecule has 0 spiro atoms. The van der Waals surface area contributed by atoms with Crippen LogP contribution in [0.4, 0.5) is 8.78 Å². The molecule has 0 aliphatic rings. The van der Waals surface area contributed by atoms with Gasteiger partial charge in [0.15, 0.2) is 5.82 Å². The molecule has 1 aromatic heterocycles. The van der Waals surface area contributed by atoms with E-state index in [1.807, 2.05) is 20.8 Å². The second-order valence-corrected chi connectivity index (χ2v) is 5.17. The standard InChI is InChI=1S/C12H18F2N2O3/c1-12(2,3)8(17)6-11-15-10(16-19-11)4-5-18-7-9(13)14/h9H,4-7H2,1-3H3. The minimum atomic E-state index is -2.48. The summed E-state index contributed by atoms with van der Waals surface area (Å²) in [6, 6.07) is 0. The van der Waals surface area contributed by atoms with E-state index in [-0.39, 0.29) is 31.1 Å². The Bertz CT molecular complexity index is 413. The number of halogens is 2. The van der Waals surface area contributed by atoms with Crippen LogP contribution in [-0.2, 0) is 22.4 Å². The van der Waals surface area contributed by atoms with E-state index in [2.05, 4.69) is 10.1 Å². The molecular weight excluding hydrogens is 258 g/mol. The molecule has 5 nitrogen and oxygen atoms in total. The summed E-state index contributed by atoms with van der Waals surface area (Å²) in [5.41, 5.74) is -0.463. The number of rotatable bonds is 7. The molecule has 19 heavy (non-hydrogen) atoms. The number of alkyl halides is 2. The molecule has 0 bridgehead atoms. The van der Waals surface area contributed by atoms with E-state index in [4.69, 9.17) is 9.26 Å². The zero-order valence-corrected chi connectivity index (χ0v) is 11.3. The first-order valence-corrected chi connectivity index (χ1v) is 5.99. The van der Waals surface area contributed by atoms with E-state index >= 15 is 0 Å². The summed E-state index contributed by atoms with van der Waals surface area (Å²) in [6.07, 6.45) is -2.13. The van der Waals surface area contributed by atoms with Crippen LogP contribution in [0.2, 0.25) is 0 Å². The third-order valence-corrected chi connectivity index (χ3v) is 2.37. The van der Waals surface area contributed by atoms with E-state index in [0.29, 0.717) is 5.82 Å². The van der Waals surface area contributed by atoms with Crippen molar-refractivity contribution in [3.8, 4) is 0 Å².